The summed E-state index contributed by atoms with van der Waals surface area (Å²) in [5.74, 6) is 1.54. The predicted molar refractivity (Wildman–Crippen MR) is 76.8 cm³/mol. The van der Waals surface area contributed by atoms with Crippen molar-refractivity contribution in [1.82, 2.24) is 14.9 Å². The highest BCUT2D eigenvalue weighted by Gasteiger charge is 2.20. The van der Waals surface area contributed by atoms with Crippen LogP contribution in [0.25, 0.3) is 0 Å². The first-order chi connectivity index (χ1) is 9.58. The summed E-state index contributed by atoms with van der Waals surface area (Å²) in [6.45, 7) is 6.13. The highest BCUT2D eigenvalue weighted by atomic mass is 16.5. The Morgan fingerprint density at radius 1 is 1.45 bits per heavy atom. The summed E-state index contributed by atoms with van der Waals surface area (Å²) in [6, 6.07) is 2.30. The van der Waals surface area contributed by atoms with Gasteiger partial charge in [0.15, 0.2) is 0 Å². The molecule has 0 radical (unpaired) electrons. The molecule has 20 heavy (non-hydrogen) atoms. The van der Waals surface area contributed by atoms with Crippen LogP contribution in [0.1, 0.15) is 25.5 Å². The Kier molecular flexibility index (Phi) is 4.76. The van der Waals surface area contributed by atoms with E-state index in [0.29, 0.717) is 11.9 Å². The SMILES string of the molecule is COc1nc(C)cc(NCC2CCN(C(C)=O)CC2)n1. The van der Waals surface area contributed by atoms with Crippen molar-refractivity contribution in [3.8, 4) is 6.01 Å². The zero-order chi connectivity index (χ0) is 14.5. The summed E-state index contributed by atoms with van der Waals surface area (Å²) in [4.78, 5) is 21.6. The van der Waals surface area contributed by atoms with Gasteiger partial charge in [0.2, 0.25) is 5.91 Å². The minimum absolute atomic E-state index is 0.174. The molecular weight excluding hydrogens is 256 g/mol. The number of carbonyl (C=O) groups is 1. The van der Waals surface area contributed by atoms with E-state index in [4.69, 9.17) is 4.74 Å². The van der Waals surface area contributed by atoms with Crippen LogP contribution in [0.4, 0.5) is 5.82 Å². The second-order valence-corrected chi connectivity index (χ2v) is 5.21. The lowest BCUT2D eigenvalue weighted by Gasteiger charge is -2.31. The average Bonchev–Trinajstić information content (AvgIpc) is 2.45. The monoisotopic (exact) mass is 278 g/mol. The molecule has 0 aliphatic carbocycles. The fourth-order valence-corrected chi connectivity index (χ4v) is 2.42. The van der Waals surface area contributed by atoms with Crippen LogP contribution in [0.5, 0.6) is 6.01 Å². The summed E-state index contributed by atoms with van der Waals surface area (Å²) < 4.78 is 5.06. The molecule has 1 amide bonds. The van der Waals surface area contributed by atoms with Crippen LogP contribution in [0.15, 0.2) is 6.07 Å². The number of likely N-dealkylation sites (tertiary alicyclic amines) is 1. The van der Waals surface area contributed by atoms with Gasteiger partial charge >= 0.3 is 6.01 Å². The van der Waals surface area contributed by atoms with E-state index in [1.165, 1.54) is 0 Å². The molecule has 2 heterocycles. The Morgan fingerprint density at radius 2 is 2.15 bits per heavy atom. The number of aryl methyl sites for hydroxylation is 1. The van der Waals surface area contributed by atoms with Gasteiger partial charge in [-0.3, -0.25) is 4.79 Å². The lowest BCUT2D eigenvalue weighted by atomic mass is 9.97. The van der Waals surface area contributed by atoms with Crippen LogP contribution < -0.4 is 10.1 Å². The average molecular weight is 278 g/mol. The second-order valence-electron chi connectivity index (χ2n) is 5.21. The maximum Gasteiger partial charge on any atom is 0.318 e. The highest BCUT2D eigenvalue weighted by molar-refractivity contribution is 5.73. The van der Waals surface area contributed by atoms with Crippen LogP contribution in [0.3, 0.4) is 0 Å². The standard InChI is InChI=1S/C14H22N4O2/c1-10-8-13(17-14(16-10)20-3)15-9-12-4-6-18(7-5-12)11(2)19/h8,12H,4-7,9H2,1-3H3,(H,15,16,17). The van der Waals surface area contributed by atoms with Gasteiger partial charge in [-0.1, -0.05) is 0 Å². The predicted octanol–water partition coefficient (Wildman–Crippen LogP) is 1.46. The minimum Gasteiger partial charge on any atom is -0.467 e. The third kappa shape index (κ3) is 3.82. The number of ether oxygens (including phenoxy) is 1. The number of aromatic nitrogens is 2. The molecule has 1 aliphatic rings. The van der Waals surface area contributed by atoms with Crippen molar-refractivity contribution >= 4 is 11.7 Å². The van der Waals surface area contributed by atoms with Crippen molar-refractivity contribution in [2.24, 2.45) is 5.92 Å². The van der Waals surface area contributed by atoms with Crippen LogP contribution in [0, 0.1) is 12.8 Å². The van der Waals surface area contributed by atoms with Crippen molar-refractivity contribution in [2.75, 3.05) is 32.1 Å². The van der Waals surface area contributed by atoms with Crippen LogP contribution in [-0.4, -0.2) is 47.5 Å². The maximum atomic E-state index is 11.3. The van der Waals surface area contributed by atoms with Gasteiger partial charge in [-0.2, -0.15) is 4.98 Å². The molecule has 0 atom stereocenters. The Balaban J connectivity index is 1.84. The molecule has 1 N–H and O–H groups in total. The number of hydrogen-bond donors (Lipinski definition) is 1. The summed E-state index contributed by atoms with van der Waals surface area (Å²) in [7, 11) is 1.57. The van der Waals surface area contributed by atoms with Crippen molar-refractivity contribution in [3.05, 3.63) is 11.8 Å². The maximum absolute atomic E-state index is 11.3. The van der Waals surface area contributed by atoms with Gasteiger partial charge in [-0.05, 0) is 25.7 Å². The minimum atomic E-state index is 0.174. The molecule has 1 aromatic heterocycles. The van der Waals surface area contributed by atoms with Gasteiger partial charge in [0, 0.05) is 38.3 Å². The number of nitrogens with one attached hydrogen (secondary N) is 1. The fourth-order valence-electron chi connectivity index (χ4n) is 2.42. The first-order valence-electron chi connectivity index (χ1n) is 6.97. The molecule has 1 saturated heterocycles. The number of carbonyl (C=O) groups excluding carboxylic acids is 1. The third-order valence-corrected chi connectivity index (χ3v) is 3.65. The number of hydrogen-bond acceptors (Lipinski definition) is 5. The van der Waals surface area contributed by atoms with E-state index in [1.54, 1.807) is 14.0 Å². The fraction of sp³-hybridized carbons (Fsp3) is 0.643. The highest BCUT2D eigenvalue weighted by Crippen LogP contribution is 2.18. The summed E-state index contributed by atoms with van der Waals surface area (Å²) in [6.07, 6.45) is 2.07. The number of amides is 1. The molecule has 6 heteroatoms. The molecule has 0 unspecified atom stereocenters. The van der Waals surface area contributed by atoms with Crippen LogP contribution in [0.2, 0.25) is 0 Å². The van der Waals surface area contributed by atoms with E-state index >= 15 is 0 Å². The number of nitrogens with zero attached hydrogens (tertiary/aromatic N) is 3. The molecule has 1 fully saturated rings. The Hall–Kier alpha value is -1.85. The molecule has 1 aliphatic heterocycles. The molecule has 0 bridgehead atoms. The molecule has 2 rings (SSSR count). The van der Waals surface area contributed by atoms with E-state index in [9.17, 15) is 4.79 Å². The lowest BCUT2D eigenvalue weighted by molar-refractivity contribution is -0.130. The van der Waals surface area contributed by atoms with Gasteiger partial charge in [0.25, 0.3) is 0 Å². The summed E-state index contributed by atoms with van der Waals surface area (Å²) in [5, 5.41) is 3.34. The van der Waals surface area contributed by atoms with Crippen LogP contribution in [-0.2, 0) is 4.79 Å². The second kappa shape index (κ2) is 6.54. The normalized spacial score (nSPS) is 16.1. The Morgan fingerprint density at radius 3 is 2.75 bits per heavy atom. The molecular formula is C14H22N4O2. The van der Waals surface area contributed by atoms with E-state index in [1.807, 2.05) is 17.9 Å². The van der Waals surface area contributed by atoms with Crippen molar-refractivity contribution in [1.29, 1.82) is 0 Å². The van der Waals surface area contributed by atoms with Gasteiger partial charge in [-0.15, -0.1) is 0 Å². The van der Waals surface area contributed by atoms with E-state index in [2.05, 4.69) is 15.3 Å². The number of anilines is 1. The molecule has 0 aromatic carbocycles. The Bertz CT molecular complexity index is 470. The van der Waals surface area contributed by atoms with Crippen molar-refractivity contribution < 1.29 is 9.53 Å². The molecule has 1 aromatic rings. The number of rotatable bonds is 4. The summed E-state index contributed by atoms with van der Waals surface area (Å²) in [5.41, 5.74) is 0.880. The van der Waals surface area contributed by atoms with E-state index in [0.717, 1.165) is 44.0 Å². The lowest BCUT2D eigenvalue weighted by Crippen LogP contribution is -2.38. The van der Waals surface area contributed by atoms with E-state index < -0.39 is 0 Å². The van der Waals surface area contributed by atoms with Gasteiger partial charge in [-0.25, -0.2) is 4.98 Å². The van der Waals surface area contributed by atoms with Gasteiger partial charge in [0.1, 0.15) is 5.82 Å². The van der Waals surface area contributed by atoms with Crippen LogP contribution >= 0.6 is 0 Å². The van der Waals surface area contributed by atoms with E-state index in [-0.39, 0.29) is 5.91 Å². The number of piperidine rings is 1. The molecule has 110 valence electrons. The zero-order valence-electron chi connectivity index (χ0n) is 12.3. The molecule has 0 spiro atoms. The van der Waals surface area contributed by atoms with Gasteiger partial charge in [0.05, 0.1) is 7.11 Å². The largest absolute Gasteiger partial charge is 0.467 e. The molecule has 0 saturated carbocycles. The third-order valence-electron chi connectivity index (χ3n) is 3.65. The topological polar surface area (TPSA) is 67.3 Å². The first-order valence-corrected chi connectivity index (χ1v) is 6.97. The summed E-state index contributed by atoms with van der Waals surface area (Å²) >= 11 is 0. The Labute approximate surface area is 119 Å². The van der Waals surface area contributed by atoms with Gasteiger partial charge < -0.3 is 15.0 Å². The zero-order valence-corrected chi connectivity index (χ0v) is 12.3. The first kappa shape index (κ1) is 14.6. The number of methoxy groups -OCH3 is 1. The van der Waals surface area contributed by atoms with Crippen molar-refractivity contribution in [3.63, 3.8) is 0 Å². The van der Waals surface area contributed by atoms with Crippen molar-refractivity contribution in [2.45, 2.75) is 26.7 Å². The smallest absolute Gasteiger partial charge is 0.318 e. The molecule has 6 nitrogen and oxygen atoms in total. The quantitative estimate of drug-likeness (QED) is 0.903.